The molecule has 1 aliphatic heterocycles. The number of halogens is 1. The molecule has 1 amide bonds. The third kappa shape index (κ3) is 2.54. The van der Waals surface area contributed by atoms with E-state index in [2.05, 4.69) is 10.2 Å². The lowest BCUT2D eigenvalue weighted by Crippen LogP contribution is -2.35. The second-order valence-electron chi connectivity index (χ2n) is 6.42. The minimum atomic E-state index is -0.302. The van der Waals surface area contributed by atoms with Gasteiger partial charge in [0.2, 0.25) is 0 Å². The highest BCUT2D eigenvalue weighted by Gasteiger charge is 2.26. The molecule has 3 aromatic rings. The highest BCUT2D eigenvalue weighted by molar-refractivity contribution is 5.96. The van der Waals surface area contributed by atoms with Gasteiger partial charge in [0, 0.05) is 42.2 Å². The van der Waals surface area contributed by atoms with Gasteiger partial charge >= 0.3 is 0 Å². The molecule has 128 valence electrons. The van der Waals surface area contributed by atoms with E-state index in [1.165, 1.54) is 6.07 Å². The molecule has 3 heterocycles. The van der Waals surface area contributed by atoms with E-state index < -0.39 is 0 Å². The van der Waals surface area contributed by atoms with Gasteiger partial charge < -0.3 is 9.47 Å². The molecule has 1 N–H and O–H groups in total. The standard InChI is InChI=1S/C19H19FN4O/c1-12-9-15(13(2)24(12)18-6-4-3-5-16(18)20)19(25)23-8-7-17-14(11-23)10-21-22-17/h3-6,9-10H,7-8,11H2,1-2H3,(H,21,22). The Morgan fingerprint density at radius 1 is 1.28 bits per heavy atom. The van der Waals surface area contributed by atoms with Crippen LogP contribution in [0, 0.1) is 19.7 Å². The summed E-state index contributed by atoms with van der Waals surface area (Å²) in [6.45, 7) is 4.95. The number of hydrogen-bond donors (Lipinski definition) is 1. The van der Waals surface area contributed by atoms with Crippen molar-refractivity contribution in [3.63, 3.8) is 0 Å². The van der Waals surface area contributed by atoms with Crippen LogP contribution in [0.25, 0.3) is 5.69 Å². The van der Waals surface area contributed by atoms with Crippen molar-refractivity contribution in [3.8, 4) is 5.69 Å². The fourth-order valence-electron chi connectivity index (χ4n) is 3.55. The molecule has 0 saturated heterocycles. The number of hydrogen-bond acceptors (Lipinski definition) is 2. The van der Waals surface area contributed by atoms with Gasteiger partial charge in [-0.05, 0) is 32.0 Å². The second-order valence-corrected chi connectivity index (χ2v) is 6.42. The van der Waals surface area contributed by atoms with Gasteiger partial charge in [-0.25, -0.2) is 4.39 Å². The van der Waals surface area contributed by atoms with E-state index in [-0.39, 0.29) is 11.7 Å². The molecule has 0 unspecified atom stereocenters. The smallest absolute Gasteiger partial charge is 0.256 e. The summed E-state index contributed by atoms with van der Waals surface area (Å²) in [5.74, 6) is -0.327. The third-order valence-corrected chi connectivity index (χ3v) is 4.84. The van der Waals surface area contributed by atoms with E-state index in [0.717, 1.165) is 29.1 Å². The Balaban J connectivity index is 1.69. The lowest BCUT2D eigenvalue weighted by molar-refractivity contribution is 0.0733. The largest absolute Gasteiger partial charge is 0.334 e. The van der Waals surface area contributed by atoms with E-state index >= 15 is 0 Å². The average molecular weight is 338 g/mol. The van der Waals surface area contributed by atoms with Crippen molar-refractivity contribution in [2.75, 3.05) is 6.54 Å². The lowest BCUT2D eigenvalue weighted by Gasteiger charge is -2.26. The van der Waals surface area contributed by atoms with Crippen LogP contribution >= 0.6 is 0 Å². The number of H-pyrrole nitrogens is 1. The zero-order chi connectivity index (χ0) is 17.6. The molecule has 0 bridgehead atoms. The highest BCUT2D eigenvalue weighted by atomic mass is 19.1. The second kappa shape index (κ2) is 5.88. The average Bonchev–Trinajstić information content (AvgIpc) is 3.19. The summed E-state index contributed by atoms with van der Waals surface area (Å²) < 4.78 is 16.0. The molecule has 0 saturated carbocycles. The molecule has 2 aromatic heterocycles. The van der Waals surface area contributed by atoms with Gasteiger partial charge in [-0.2, -0.15) is 5.10 Å². The van der Waals surface area contributed by atoms with Crippen molar-refractivity contribution in [1.82, 2.24) is 19.7 Å². The zero-order valence-electron chi connectivity index (χ0n) is 14.2. The number of carbonyl (C=O) groups excluding carboxylic acids is 1. The van der Waals surface area contributed by atoms with Gasteiger partial charge in [0.1, 0.15) is 5.82 Å². The molecular weight excluding hydrogens is 319 g/mol. The van der Waals surface area contributed by atoms with E-state index in [4.69, 9.17) is 0 Å². The molecular formula is C19H19FN4O. The van der Waals surface area contributed by atoms with Crippen molar-refractivity contribution in [2.45, 2.75) is 26.8 Å². The van der Waals surface area contributed by atoms with E-state index in [1.54, 1.807) is 29.0 Å². The lowest BCUT2D eigenvalue weighted by atomic mass is 10.1. The van der Waals surface area contributed by atoms with Gasteiger partial charge in [0.25, 0.3) is 5.91 Å². The minimum Gasteiger partial charge on any atom is -0.334 e. The summed E-state index contributed by atoms with van der Waals surface area (Å²) in [4.78, 5) is 14.8. The van der Waals surface area contributed by atoms with Crippen LogP contribution in [0.3, 0.4) is 0 Å². The third-order valence-electron chi connectivity index (χ3n) is 4.84. The number of aromatic amines is 1. The number of rotatable bonds is 2. The zero-order valence-corrected chi connectivity index (χ0v) is 14.2. The molecule has 0 atom stereocenters. The van der Waals surface area contributed by atoms with Crippen LogP contribution in [-0.2, 0) is 13.0 Å². The maximum absolute atomic E-state index is 14.2. The van der Waals surface area contributed by atoms with Crippen LogP contribution in [0.15, 0.2) is 36.5 Å². The van der Waals surface area contributed by atoms with Crippen LogP contribution < -0.4 is 0 Å². The number of benzene rings is 1. The predicted octanol–water partition coefficient (Wildman–Crippen LogP) is 3.15. The summed E-state index contributed by atoms with van der Waals surface area (Å²) in [5, 5.41) is 7.02. The van der Waals surface area contributed by atoms with Crippen LogP contribution in [0.2, 0.25) is 0 Å². The van der Waals surface area contributed by atoms with Gasteiger partial charge in [-0.15, -0.1) is 0 Å². The number of nitrogens with one attached hydrogen (secondary N) is 1. The first-order valence-corrected chi connectivity index (χ1v) is 8.30. The first-order valence-electron chi connectivity index (χ1n) is 8.30. The first-order chi connectivity index (χ1) is 12.1. The molecule has 1 aromatic carbocycles. The Labute approximate surface area is 145 Å². The Morgan fingerprint density at radius 2 is 2.08 bits per heavy atom. The normalized spacial score (nSPS) is 13.8. The SMILES string of the molecule is Cc1cc(C(=O)N2CCc3[nH]ncc3C2)c(C)n1-c1ccccc1F. The van der Waals surface area contributed by atoms with Crippen LogP contribution in [0.5, 0.6) is 0 Å². The van der Waals surface area contributed by atoms with Crippen molar-refractivity contribution in [3.05, 3.63) is 70.6 Å². The maximum Gasteiger partial charge on any atom is 0.256 e. The molecule has 1 aliphatic rings. The number of amides is 1. The van der Waals surface area contributed by atoms with Crippen LogP contribution in [0.4, 0.5) is 4.39 Å². The molecule has 0 fully saturated rings. The van der Waals surface area contributed by atoms with Gasteiger partial charge in [0.15, 0.2) is 0 Å². The molecule has 6 heteroatoms. The summed E-state index contributed by atoms with van der Waals surface area (Å²) >= 11 is 0. The van der Waals surface area contributed by atoms with Gasteiger partial charge in [0.05, 0.1) is 17.4 Å². The summed E-state index contributed by atoms with van der Waals surface area (Å²) in [6, 6.07) is 8.46. The topological polar surface area (TPSA) is 53.9 Å². The molecule has 4 rings (SSSR count). The summed E-state index contributed by atoms with van der Waals surface area (Å²) in [7, 11) is 0. The van der Waals surface area contributed by atoms with E-state index in [1.807, 2.05) is 24.8 Å². The van der Waals surface area contributed by atoms with E-state index in [0.29, 0.717) is 24.3 Å². The first kappa shape index (κ1) is 15.6. The Kier molecular flexibility index (Phi) is 3.67. The van der Waals surface area contributed by atoms with Crippen LogP contribution in [-0.4, -0.2) is 32.1 Å². The van der Waals surface area contributed by atoms with Crippen molar-refractivity contribution in [2.24, 2.45) is 0 Å². The molecule has 0 spiro atoms. The Morgan fingerprint density at radius 3 is 2.88 bits per heavy atom. The fraction of sp³-hybridized carbons (Fsp3) is 0.263. The van der Waals surface area contributed by atoms with Crippen molar-refractivity contribution < 1.29 is 9.18 Å². The summed E-state index contributed by atoms with van der Waals surface area (Å²) in [5.41, 5.74) is 4.83. The fourth-order valence-corrected chi connectivity index (χ4v) is 3.55. The van der Waals surface area contributed by atoms with Crippen molar-refractivity contribution in [1.29, 1.82) is 0 Å². The molecule has 25 heavy (non-hydrogen) atoms. The van der Waals surface area contributed by atoms with E-state index in [9.17, 15) is 9.18 Å². The van der Waals surface area contributed by atoms with Gasteiger partial charge in [-0.3, -0.25) is 9.89 Å². The quantitative estimate of drug-likeness (QED) is 0.780. The predicted molar refractivity (Wildman–Crippen MR) is 92.2 cm³/mol. The number of aryl methyl sites for hydroxylation is 1. The number of aromatic nitrogens is 3. The maximum atomic E-state index is 14.2. The number of carbonyl (C=O) groups is 1. The molecule has 5 nitrogen and oxygen atoms in total. The summed E-state index contributed by atoms with van der Waals surface area (Å²) in [6.07, 6.45) is 2.55. The Bertz CT molecular complexity index is 956. The number of fused-ring (bicyclic) bond motifs is 1. The number of para-hydroxylation sites is 1. The monoisotopic (exact) mass is 338 g/mol. The molecule has 0 radical (unpaired) electrons. The molecule has 0 aliphatic carbocycles. The highest BCUT2D eigenvalue weighted by Crippen LogP contribution is 2.25. The van der Waals surface area contributed by atoms with Crippen LogP contribution in [0.1, 0.15) is 33.0 Å². The van der Waals surface area contributed by atoms with Crippen molar-refractivity contribution >= 4 is 5.91 Å². The number of nitrogens with zero attached hydrogens (tertiary/aromatic N) is 3. The minimum absolute atomic E-state index is 0.0254. The van der Waals surface area contributed by atoms with Gasteiger partial charge in [-0.1, -0.05) is 12.1 Å². The Hall–Kier alpha value is -2.89.